The number of nitrogens with one attached hydrogen (secondary N) is 2. The van der Waals surface area contributed by atoms with Crippen LogP contribution < -0.4 is 20.1 Å². The molecule has 0 aliphatic rings. The Morgan fingerprint density at radius 3 is 1.29 bits per heavy atom. The molecule has 0 spiro atoms. The Hall–Kier alpha value is -2.38. The Morgan fingerprint density at radius 1 is 0.600 bits per heavy atom. The maximum absolute atomic E-state index is 12.2. The van der Waals surface area contributed by atoms with Gasteiger partial charge >= 0.3 is 0 Å². The zero-order chi connectivity index (χ0) is 25.5. The SMILES string of the molecule is O=C(NCCCCCCCNC(=O)c1ccc(OC=C(Cl)Cl)cc1)c1ccc(OC=C(Cl)Cl)cc1. The molecule has 0 unspecified atom stereocenters. The lowest BCUT2D eigenvalue weighted by molar-refractivity contribution is 0.0945. The lowest BCUT2D eigenvalue weighted by atomic mass is 10.1. The van der Waals surface area contributed by atoms with E-state index >= 15 is 0 Å². The molecule has 2 aromatic rings. The van der Waals surface area contributed by atoms with Crippen molar-refractivity contribution in [2.24, 2.45) is 0 Å². The summed E-state index contributed by atoms with van der Waals surface area (Å²) in [6.07, 6.45) is 7.20. The molecule has 2 N–H and O–H groups in total. The van der Waals surface area contributed by atoms with Gasteiger partial charge < -0.3 is 20.1 Å². The van der Waals surface area contributed by atoms with Crippen LogP contribution in [-0.4, -0.2) is 24.9 Å². The number of halogens is 4. The Balaban J connectivity index is 1.52. The van der Waals surface area contributed by atoms with Crippen LogP contribution in [0.25, 0.3) is 0 Å². The van der Waals surface area contributed by atoms with Gasteiger partial charge in [-0.05, 0) is 61.4 Å². The largest absolute Gasteiger partial charge is 0.463 e. The fraction of sp³-hybridized carbons (Fsp3) is 0.280. The van der Waals surface area contributed by atoms with Crippen LogP contribution in [0.4, 0.5) is 0 Å². The standard InChI is InChI=1S/C25H26Cl4N2O4/c26-22(27)16-34-20-10-6-18(7-11-20)24(32)30-14-4-2-1-3-5-15-31-25(33)19-8-12-21(13-9-19)35-17-23(28)29/h6-13,16-17H,1-5,14-15H2,(H,30,32)(H,31,33). The van der Waals surface area contributed by atoms with E-state index in [4.69, 9.17) is 55.9 Å². The van der Waals surface area contributed by atoms with E-state index in [1.807, 2.05) is 0 Å². The van der Waals surface area contributed by atoms with E-state index in [9.17, 15) is 9.59 Å². The van der Waals surface area contributed by atoms with Crippen molar-refractivity contribution in [3.63, 3.8) is 0 Å². The molecular weight excluding hydrogens is 534 g/mol. The third-order valence-corrected chi connectivity index (χ3v) is 5.08. The molecule has 0 radical (unpaired) electrons. The minimum Gasteiger partial charge on any atom is -0.463 e. The number of carbonyl (C=O) groups excluding carboxylic acids is 2. The van der Waals surface area contributed by atoms with Gasteiger partial charge in [0.05, 0.1) is 0 Å². The van der Waals surface area contributed by atoms with Crippen molar-refractivity contribution in [3.8, 4) is 11.5 Å². The van der Waals surface area contributed by atoms with Crippen LogP contribution in [-0.2, 0) is 0 Å². The highest BCUT2D eigenvalue weighted by Crippen LogP contribution is 2.16. The molecule has 2 rings (SSSR count). The van der Waals surface area contributed by atoms with Crippen LogP contribution in [0.5, 0.6) is 11.5 Å². The lowest BCUT2D eigenvalue weighted by Crippen LogP contribution is -2.24. The molecule has 0 aliphatic heterocycles. The Labute approximate surface area is 225 Å². The molecule has 0 atom stereocenters. The molecule has 0 fully saturated rings. The summed E-state index contributed by atoms with van der Waals surface area (Å²) >= 11 is 22.0. The van der Waals surface area contributed by atoms with Crippen molar-refractivity contribution >= 4 is 58.2 Å². The van der Waals surface area contributed by atoms with Gasteiger partial charge in [0.15, 0.2) is 0 Å². The third kappa shape index (κ3) is 12.2. The number of hydrogen-bond acceptors (Lipinski definition) is 4. The average molecular weight is 560 g/mol. The number of hydrogen-bond donors (Lipinski definition) is 2. The van der Waals surface area contributed by atoms with E-state index in [2.05, 4.69) is 10.6 Å². The number of ether oxygens (including phenoxy) is 2. The van der Waals surface area contributed by atoms with Crippen molar-refractivity contribution in [1.82, 2.24) is 10.6 Å². The summed E-state index contributed by atoms with van der Waals surface area (Å²) in [5.74, 6) is 0.796. The quantitative estimate of drug-likeness (QED) is 0.191. The Morgan fingerprint density at radius 2 is 0.943 bits per heavy atom. The predicted octanol–water partition coefficient (Wildman–Crippen LogP) is 7.11. The fourth-order valence-electron chi connectivity index (χ4n) is 2.98. The maximum Gasteiger partial charge on any atom is 0.251 e. The number of amides is 2. The molecule has 0 aliphatic carbocycles. The van der Waals surface area contributed by atoms with Crippen LogP contribution in [0.3, 0.4) is 0 Å². The van der Waals surface area contributed by atoms with Crippen LogP contribution in [0.1, 0.15) is 52.8 Å². The first kappa shape index (κ1) is 28.9. The first-order valence-electron chi connectivity index (χ1n) is 11.0. The van der Waals surface area contributed by atoms with Crippen LogP contribution in [0, 0.1) is 0 Å². The summed E-state index contributed by atoms with van der Waals surface area (Å²) < 4.78 is 10.5. The van der Waals surface area contributed by atoms with Crippen LogP contribution >= 0.6 is 46.4 Å². The lowest BCUT2D eigenvalue weighted by Gasteiger charge is -2.07. The van der Waals surface area contributed by atoms with Gasteiger partial charge in [-0.1, -0.05) is 65.7 Å². The monoisotopic (exact) mass is 558 g/mol. The number of benzene rings is 2. The van der Waals surface area contributed by atoms with Crippen molar-refractivity contribution in [2.45, 2.75) is 32.1 Å². The molecular formula is C25H26Cl4N2O4. The van der Waals surface area contributed by atoms with E-state index in [0.29, 0.717) is 35.7 Å². The maximum atomic E-state index is 12.2. The summed E-state index contributed by atoms with van der Waals surface area (Å²) in [6, 6.07) is 13.4. The zero-order valence-corrected chi connectivity index (χ0v) is 21.9. The van der Waals surface area contributed by atoms with E-state index in [-0.39, 0.29) is 20.8 Å². The normalized spacial score (nSPS) is 10.2. The molecule has 10 heteroatoms. The summed E-state index contributed by atoms with van der Waals surface area (Å²) in [5.41, 5.74) is 1.10. The van der Waals surface area contributed by atoms with Gasteiger partial charge in [-0.3, -0.25) is 9.59 Å². The number of rotatable bonds is 14. The van der Waals surface area contributed by atoms with Gasteiger partial charge in [-0.15, -0.1) is 0 Å². The highest BCUT2D eigenvalue weighted by Gasteiger charge is 2.06. The van der Waals surface area contributed by atoms with Crippen molar-refractivity contribution in [3.05, 3.63) is 81.2 Å². The smallest absolute Gasteiger partial charge is 0.251 e. The highest BCUT2D eigenvalue weighted by molar-refractivity contribution is 6.56. The molecule has 2 aromatic carbocycles. The second-order valence-corrected chi connectivity index (χ2v) is 9.39. The van der Waals surface area contributed by atoms with Gasteiger partial charge in [0.25, 0.3) is 11.8 Å². The summed E-state index contributed by atoms with van der Waals surface area (Å²) in [7, 11) is 0. The Bertz CT molecular complexity index is 920. The molecule has 0 bridgehead atoms. The van der Waals surface area contributed by atoms with Crippen LogP contribution in [0.15, 0.2) is 70.0 Å². The van der Waals surface area contributed by atoms with Crippen molar-refractivity contribution in [1.29, 1.82) is 0 Å². The molecule has 6 nitrogen and oxygen atoms in total. The number of carbonyl (C=O) groups is 2. The molecule has 188 valence electrons. The third-order valence-electron chi connectivity index (χ3n) is 4.73. The van der Waals surface area contributed by atoms with Gasteiger partial charge in [-0.25, -0.2) is 0 Å². The van der Waals surface area contributed by atoms with Gasteiger partial charge in [0.1, 0.15) is 33.0 Å². The number of unbranched alkanes of at least 4 members (excludes halogenated alkanes) is 4. The zero-order valence-electron chi connectivity index (χ0n) is 18.9. The minimum absolute atomic E-state index is 0.0114. The van der Waals surface area contributed by atoms with Gasteiger partial charge in [-0.2, -0.15) is 0 Å². The van der Waals surface area contributed by atoms with E-state index in [1.54, 1.807) is 48.5 Å². The average Bonchev–Trinajstić information content (AvgIpc) is 2.85. The molecule has 2 amide bonds. The molecule has 0 saturated carbocycles. The van der Waals surface area contributed by atoms with E-state index in [1.165, 1.54) is 12.5 Å². The highest BCUT2D eigenvalue weighted by atomic mass is 35.5. The summed E-state index contributed by atoms with van der Waals surface area (Å²) in [4.78, 5) is 24.4. The molecule has 0 saturated heterocycles. The molecule has 35 heavy (non-hydrogen) atoms. The molecule has 0 aromatic heterocycles. The second-order valence-electron chi connectivity index (χ2n) is 7.38. The second kappa shape index (κ2) is 16.3. The van der Waals surface area contributed by atoms with Crippen molar-refractivity contribution < 1.29 is 19.1 Å². The van der Waals surface area contributed by atoms with E-state index in [0.717, 1.165) is 32.1 Å². The summed E-state index contributed by atoms with van der Waals surface area (Å²) in [5, 5.41) is 5.81. The molecule has 0 heterocycles. The van der Waals surface area contributed by atoms with Gasteiger partial charge in [0.2, 0.25) is 0 Å². The summed E-state index contributed by atoms with van der Waals surface area (Å²) in [6.45, 7) is 1.20. The minimum atomic E-state index is -0.135. The van der Waals surface area contributed by atoms with E-state index < -0.39 is 0 Å². The Kier molecular flexibility index (Phi) is 13.5. The predicted molar refractivity (Wildman–Crippen MR) is 141 cm³/mol. The first-order valence-corrected chi connectivity index (χ1v) is 12.5. The first-order chi connectivity index (χ1) is 16.8. The fourth-order valence-corrected chi connectivity index (χ4v) is 3.16. The van der Waals surface area contributed by atoms with Crippen molar-refractivity contribution in [2.75, 3.05) is 13.1 Å². The van der Waals surface area contributed by atoms with Gasteiger partial charge in [0, 0.05) is 24.2 Å². The van der Waals surface area contributed by atoms with Crippen LogP contribution in [0.2, 0.25) is 0 Å². The topological polar surface area (TPSA) is 76.7 Å².